The quantitative estimate of drug-likeness (QED) is 0.796. The van der Waals surface area contributed by atoms with Gasteiger partial charge in [0.1, 0.15) is 5.82 Å². The second-order valence-electron chi connectivity index (χ2n) is 5.13. The van der Waals surface area contributed by atoms with Crippen molar-refractivity contribution in [1.29, 1.82) is 0 Å². The summed E-state index contributed by atoms with van der Waals surface area (Å²) in [6, 6.07) is 10.1. The van der Waals surface area contributed by atoms with Gasteiger partial charge in [0.25, 0.3) is 0 Å². The highest BCUT2D eigenvalue weighted by Crippen LogP contribution is 2.22. The number of carbonyl (C=O) groups excluding carboxylic acids is 1. The first kappa shape index (κ1) is 14.7. The normalized spacial score (nSPS) is 10.8. The van der Waals surface area contributed by atoms with E-state index in [1.54, 1.807) is 28.4 Å². The zero-order chi connectivity index (χ0) is 14.5. The van der Waals surface area contributed by atoms with Crippen LogP contribution in [0.2, 0.25) is 0 Å². The summed E-state index contributed by atoms with van der Waals surface area (Å²) < 4.78 is 13.0. The predicted molar refractivity (Wildman–Crippen MR) is 81.4 cm³/mol. The number of halogens is 1. The summed E-state index contributed by atoms with van der Waals surface area (Å²) in [5.74, 6) is 0.0786. The van der Waals surface area contributed by atoms with Crippen LogP contribution in [0.1, 0.15) is 25.1 Å². The summed E-state index contributed by atoms with van der Waals surface area (Å²) >= 11 is 1.62. The van der Waals surface area contributed by atoms with Crippen LogP contribution in [0, 0.1) is 11.7 Å². The van der Waals surface area contributed by atoms with Gasteiger partial charge in [0.05, 0.1) is 6.54 Å². The van der Waals surface area contributed by atoms with Crippen molar-refractivity contribution in [1.82, 2.24) is 0 Å². The maximum Gasteiger partial charge on any atom is 0.227 e. The molecule has 0 atom stereocenters. The number of anilines is 1. The molecule has 4 heteroatoms. The van der Waals surface area contributed by atoms with Crippen molar-refractivity contribution in [3.63, 3.8) is 0 Å². The Bertz CT molecular complexity index is 548. The van der Waals surface area contributed by atoms with Crippen molar-refractivity contribution in [3.05, 3.63) is 52.5 Å². The van der Waals surface area contributed by atoms with E-state index in [1.807, 2.05) is 31.4 Å². The van der Waals surface area contributed by atoms with E-state index in [9.17, 15) is 9.18 Å². The van der Waals surface area contributed by atoms with Gasteiger partial charge in [0.15, 0.2) is 0 Å². The highest BCUT2D eigenvalue weighted by molar-refractivity contribution is 7.09. The minimum Gasteiger partial charge on any atom is -0.307 e. The van der Waals surface area contributed by atoms with E-state index in [0.717, 1.165) is 10.6 Å². The van der Waals surface area contributed by atoms with Crippen LogP contribution in [0.15, 0.2) is 41.8 Å². The predicted octanol–water partition coefficient (Wildman–Crippen LogP) is 4.47. The molecule has 0 aliphatic heterocycles. The summed E-state index contributed by atoms with van der Waals surface area (Å²) in [5, 5.41) is 1.99. The molecule has 106 valence electrons. The molecule has 0 bridgehead atoms. The Morgan fingerprint density at radius 3 is 2.50 bits per heavy atom. The number of carbonyl (C=O) groups is 1. The monoisotopic (exact) mass is 291 g/mol. The van der Waals surface area contributed by atoms with Crippen LogP contribution in [-0.2, 0) is 11.3 Å². The van der Waals surface area contributed by atoms with Crippen molar-refractivity contribution in [3.8, 4) is 0 Å². The van der Waals surface area contributed by atoms with Gasteiger partial charge in [-0.1, -0.05) is 19.9 Å². The lowest BCUT2D eigenvalue weighted by Crippen LogP contribution is -2.30. The lowest BCUT2D eigenvalue weighted by atomic mass is 10.1. The molecular formula is C16H18FNOS. The third-order valence-corrected chi connectivity index (χ3v) is 3.78. The van der Waals surface area contributed by atoms with Crippen LogP contribution in [-0.4, -0.2) is 5.91 Å². The van der Waals surface area contributed by atoms with Crippen LogP contribution >= 0.6 is 11.3 Å². The molecule has 2 rings (SSSR count). The summed E-state index contributed by atoms with van der Waals surface area (Å²) in [6.07, 6.45) is 0.489. The second kappa shape index (κ2) is 6.66. The molecule has 1 amide bonds. The van der Waals surface area contributed by atoms with Gasteiger partial charge in [0.2, 0.25) is 5.91 Å². The van der Waals surface area contributed by atoms with E-state index in [4.69, 9.17) is 0 Å². The Kier molecular flexibility index (Phi) is 4.90. The number of hydrogen-bond donors (Lipinski definition) is 0. The van der Waals surface area contributed by atoms with Crippen LogP contribution in [0.4, 0.5) is 10.1 Å². The standard InChI is InChI=1S/C16H18FNOS/c1-12(2)10-16(19)18(11-15-4-3-9-20-15)14-7-5-13(17)6-8-14/h3-9,12H,10-11H2,1-2H3. The first-order chi connectivity index (χ1) is 9.56. The zero-order valence-electron chi connectivity index (χ0n) is 11.7. The fourth-order valence-electron chi connectivity index (χ4n) is 1.96. The lowest BCUT2D eigenvalue weighted by molar-refractivity contribution is -0.119. The van der Waals surface area contributed by atoms with Crippen molar-refractivity contribution >= 4 is 22.9 Å². The molecule has 0 N–H and O–H groups in total. The summed E-state index contributed by atoms with van der Waals surface area (Å²) in [7, 11) is 0. The van der Waals surface area contributed by atoms with E-state index in [2.05, 4.69) is 0 Å². The Morgan fingerprint density at radius 2 is 1.95 bits per heavy atom. The molecule has 0 fully saturated rings. The summed E-state index contributed by atoms with van der Waals surface area (Å²) in [4.78, 5) is 15.2. The molecular weight excluding hydrogens is 273 g/mol. The van der Waals surface area contributed by atoms with Crippen LogP contribution in [0.3, 0.4) is 0 Å². The number of nitrogens with zero attached hydrogens (tertiary/aromatic N) is 1. The lowest BCUT2D eigenvalue weighted by Gasteiger charge is -2.23. The van der Waals surface area contributed by atoms with Crippen LogP contribution < -0.4 is 4.90 Å². The first-order valence-corrected chi connectivity index (χ1v) is 7.52. The highest BCUT2D eigenvalue weighted by atomic mass is 32.1. The van der Waals surface area contributed by atoms with Gasteiger partial charge in [-0.25, -0.2) is 4.39 Å². The van der Waals surface area contributed by atoms with E-state index >= 15 is 0 Å². The molecule has 0 spiro atoms. The van der Waals surface area contributed by atoms with Crippen molar-refractivity contribution < 1.29 is 9.18 Å². The maximum atomic E-state index is 13.0. The smallest absolute Gasteiger partial charge is 0.227 e. The number of rotatable bonds is 5. The first-order valence-electron chi connectivity index (χ1n) is 6.64. The Labute approximate surface area is 122 Å². The SMILES string of the molecule is CC(C)CC(=O)N(Cc1cccs1)c1ccc(F)cc1. The summed E-state index contributed by atoms with van der Waals surface area (Å²) in [5.41, 5.74) is 0.741. The molecule has 0 saturated heterocycles. The Hall–Kier alpha value is -1.68. The highest BCUT2D eigenvalue weighted by Gasteiger charge is 2.17. The van der Waals surface area contributed by atoms with Gasteiger partial charge < -0.3 is 4.90 Å². The molecule has 0 aliphatic rings. The molecule has 0 aliphatic carbocycles. The molecule has 0 radical (unpaired) electrons. The molecule has 2 nitrogen and oxygen atoms in total. The van der Waals surface area contributed by atoms with Gasteiger partial charge in [0, 0.05) is 17.0 Å². The number of amides is 1. The molecule has 1 aromatic carbocycles. The molecule has 1 heterocycles. The van der Waals surface area contributed by atoms with Crippen LogP contribution in [0.5, 0.6) is 0 Å². The van der Waals surface area contributed by atoms with Gasteiger partial charge in [-0.2, -0.15) is 0 Å². The zero-order valence-corrected chi connectivity index (χ0v) is 12.5. The minimum absolute atomic E-state index is 0.0695. The van der Waals surface area contributed by atoms with E-state index < -0.39 is 0 Å². The largest absolute Gasteiger partial charge is 0.307 e. The van der Waals surface area contributed by atoms with Gasteiger partial charge in [-0.3, -0.25) is 4.79 Å². The van der Waals surface area contributed by atoms with E-state index in [-0.39, 0.29) is 11.7 Å². The average molecular weight is 291 g/mol. The van der Waals surface area contributed by atoms with Crippen molar-refractivity contribution in [2.45, 2.75) is 26.8 Å². The topological polar surface area (TPSA) is 20.3 Å². The molecule has 20 heavy (non-hydrogen) atoms. The third-order valence-electron chi connectivity index (χ3n) is 2.92. The number of thiophene rings is 1. The van der Waals surface area contributed by atoms with Gasteiger partial charge in [-0.15, -0.1) is 11.3 Å². The second-order valence-corrected chi connectivity index (χ2v) is 6.17. The Morgan fingerprint density at radius 1 is 1.25 bits per heavy atom. The molecule has 0 saturated carbocycles. The van der Waals surface area contributed by atoms with Crippen molar-refractivity contribution in [2.75, 3.05) is 4.90 Å². The van der Waals surface area contributed by atoms with E-state index in [0.29, 0.717) is 18.9 Å². The molecule has 2 aromatic rings. The van der Waals surface area contributed by atoms with Crippen molar-refractivity contribution in [2.24, 2.45) is 5.92 Å². The number of hydrogen-bond acceptors (Lipinski definition) is 2. The fraction of sp³-hybridized carbons (Fsp3) is 0.312. The fourth-order valence-corrected chi connectivity index (χ4v) is 2.66. The average Bonchev–Trinajstić information content (AvgIpc) is 2.89. The van der Waals surface area contributed by atoms with Gasteiger partial charge >= 0.3 is 0 Å². The van der Waals surface area contributed by atoms with Crippen LogP contribution in [0.25, 0.3) is 0 Å². The van der Waals surface area contributed by atoms with Gasteiger partial charge in [-0.05, 0) is 41.6 Å². The van der Waals surface area contributed by atoms with E-state index in [1.165, 1.54) is 12.1 Å². The third kappa shape index (κ3) is 3.90. The number of benzene rings is 1. The summed E-state index contributed by atoms with van der Waals surface area (Å²) in [6.45, 7) is 4.58. The Balaban J connectivity index is 2.23. The minimum atomic E-state index is -0.291. The molecule has 0 unspecified atom stereocenters. The maximum absolute atomic E-state index is 13.0. The molecule has 1 aromatic heterocycles.